The van der Waals surface area contributed by atoms with Crippen LogP contribution in [0.3, 0.4) is 0 Å². The van der Waals surface area contributed by atoms with Gasteiger partial charge in [0.05, 0.1) is 0 Å². The Morgan fingerprint density at radius 1 is 0.326 bits per heavy atom. The number of hydrogen-bond acceptors (Lipinski definition) is 1. The molecule has 9 rings (SSSR count). The quantitative estimate of drug-likeness (QED) is 0.111. The molecule has 0 aliphatic rings. The Morgan fingerprint density at radius 2 is 0.870 bits per heavy atom. The summed E-state index contributed by atoms with van der Waals surface area (Å²) in [6.45, 7) is 0. The zero-order chi connectivity index (χ0) is 30.7. The molecular formula is C44H29OP. The van der Waals surface area contributed by atoms with Gasteiger partial charge in [0.15, 0.2) is 7.14 Å². The van der Waals surface area contributed by atoms with E-state index in [-0.39, 0.29) is 0 Å². The van der Waals surface area contributed by atoms with E-state index in [1.807, 2.05) is 48.5 Å². The van der Waals surface area contributed by atoms with E-state index in [1.165, 1.54) is 48.7 Å². The third-order valence-corrected chi connectivity index (χ3v) is 12.5. The van der Waals surface area contributed by atoms with E-state index < -0.39 is 7.14 Å². The second kappa shape index (κ2) is 10.6. The van der Waals surface area contributed by atoms with E-state index in [2.05, 4.69) is 127 Å². The van der Waals surface area contributed by atoms with Gasteiger partial charge in [-0.1, -0.05) is 164 Å². The predicted molar refractivity (Wildman–Crippen MR) is 199 cm³/mol. The van der Waals surface area contributed by atoms with Crippen LogP contribution in [0.1, 0.15) is 0 Å². The van der Waals surface area contributed by atoms with Crippen molar-refractivity contribution in [2.45, 2.75) is 0 Å². The largest absolute Gasteiger partial charge is 0.309 e. The predicted octanol–water partition coefficient (Wildman–Crippen LogP) is 10.8. The number of fused-ring (bicyclic) bond motifs is 7. The van der Waals surface area contributed by atoms with Gasteiger partial charge in [0.25, 0.3) is 0 Å². The molecule has 0 aliphatic heterocycles. The number of hydrogen-bond donors (Lipinski definition) is 0. The monoisotopic (exact) mass is 604 g/mol. The van der Waals surface area contributed by atoms with Crippen LogP contribution in [0.2, 0.25) is 0 Å². The highest BCUT2D eigenvalue weighted by atomic mass is 31.2. The van der Waals surface area contributed by atoms with Gasteiger partial charge < -0.3 is 4.57 Å². The molecule has 9 aromatic carbocycles. The van der Waals surface area contributed by atoms with E-state index in [9.17, 15) is 0 Å². The van der Waals surface area contributed by atoms with Crippen LogP contribution in [-0.2, 0) is 4.57 Å². The molecule has 216 valence electrons. The van der Waals surface area contributed by atoms with Crippen molar-refractivity contribution in [1.82, 2.24) is 0 Å². The molecule has 0 spiro atoms. The minimum absolute atomic E-state index is 0.831. The number of rotatable bonds is 4. The van der Waals surface area contributed by atoms with Crippen LogP contribution >= 0.6 is 7.14 Å². The Labute approximate surface area is 267 Å². The minimum Gasteiger partial charge on any atom is -0.309 e. The van der Waals surface area contributed by atoms with Gasteiger partial charge in [0.1, 0.15) is 0 Å². The Hall–Kier alpha value is -5.49. The molecule has 0 fully saturated rings. The van der Waals surface area contributed by atoms with Crippen LogP contribution in [0.15, 0.2) is 176 Å². The van der Waals surface area contributed by atoms with Gasteiger partial charge in [-0.25, -0.2) is 0 Å². The average molecular weight is 605 g/mol. The molecule has 0 aliphatic carbocycles. The Kier molecular flexibility index (Phi) is 6.17. The van der Waals surface area contributed by atoms with E-state index in [4.69, 9.17) is 0 Å². The number of benzene rings is 9. The summed E-state index contributed by atoms with van der Waals surface area (Å²) >= 11 is 0. The first-order valence-electron chi connectivity index (χ1n) is 15.7. The first kappa shape index (κ1) is 26.9. The summed E-state index contributed by atoms with van der Waals surface area (Å²) in [5.41, 5.74) is 2.32. The zero-order valence-corrected chi connectivity index (χ0v) is 26.0. The van der Waals surface area contributed by atoms with Crippen LogP contribution in [0.25, 0.3) is 65.0 Å². The second-order valence-corrected chi connectivity index (χ2v) is 14.8. The maximum absolute atomic E-state index is 15.5. The van der Waals surface area contributed by atoms with Crippen molar-refractivity contribution in [1.29, 1.82) is 0 Å². The minimum atomic E-state index is -3.16. The molecule has 1 atom stereocenters. The lowest BCUT2D eigenvalue weighted by atomic mass is 9.87. The average Bonchev–Trinajstić information content (AvgIpc) is 3.13. The van der Waals surface area contributed by atoms with E-state index >= 15 is 4.57 Å². The van der Waals surface area contributed by atoms with E-state index in [1.54, 1.807) is 0 Å². The van der Waals surface area contributed by atoms with Gasteiger partial charge in [-0.2, -0.15) is 0 Å². The van der Waals surface area contributed by atoms with E-state index in [0.29, 0.717) is 0 Å². The van der Waals surface area contributed by atoms with Gasteiger partial charge in [-0.15, -0.1) is 0 Å². The molecular weight excluding hydrogens is 575 g/mol. The van der Waals surface area contributed by atoms with Crippen molar-refractivity contribution < 1.29 is 4.57 Å². The summed E-state index contributed by atoms with van der Waals surface area (Å²) in [5.74, 6) is 0. The molecule has 1 nitrogen and oxygen atoms in total. The fraction of sp³-hybridized carbons (Fsp3) is 0. The summed E-state index contributed by atoms with van der Waals surface area (Å²) in [5, 5.41) is 14.6. The Morgan fingerprint density at radius 3 is 1.65 bits per heavy atom. The fourth-order valence-corrected chi connectivity index (χ4v) is 9.90. The van der Waals surface area contributed by atoms with Crippen LogP contribution in [-0.4, -0.2) is 0 Å². The summed E-state index contributed by atoms with van der Waals surface area (Å²) in [6.07, 6.45) is 0. The molecule has 2 heteroatoms. The lowest BCUT2D eigenvalue weighted by Crippen LogP contribution is -2.25. The molecule has 0 saturated heterocycles. The van der Waals surface area contributed by atoms with Crippen LogP contribution < -0.4 is 15.9 Å². The molecule has 9 aromatic rings. The second-order valence-electron chi connectivity index (χ2n) is 12.0. The summed E-state index contributed by atoms with van der Waals surface area (Å²) < 4.78 is 15.5. The molecule has 0 heterocycles. The molecule has 0 aromatic heterocycles. The SMILES string of the molecule is O=P(c1ccccc1)(c1ccc(-c2c3ccc4ccccc4c3cc3ccc4ccccc4c23)cc1)c1ccc2ccccc2c1. The molecule has 0 radical (unpaired) electrons. The molecule has 0 amide bonds. The van der Waals surface area contributed by atoms with Crippen molar-refractivity contribution in [3.63, 3.8) is 0 Å². The lowest BCUT2D eigenvalue weighted by molar-refractivity contribution is 0.592. The molecule has 1 unspecified atom stereocenters. The lowest BCUT2D eigenvalue weighted by Gasteiger charge is -2.21. The van der Waals surface area contributed by atoms with Crippen molar-refractivity contribution in [3.05, 3.63) is 176 Å². The third kappa shape index (κ3) is 4.13. The standard InChI is InChI=1S/C44H29OP/c45-46(36-14-2-1-3-15-36,38-26-20-30-10-4-5-13-34(30)28-38)37-24-21-33(22-25-37)43-41-27-23-31-11-6-8-16-39(31)42(41)29-35-19-18-32-12-7-9-17-40(32)44(35)43/h1-29H. The fourth-order valence-electron chi connectivity index (χ4n) is 7.24. The molecule has 0 saturated carbocycles. The maximum Gasteiger partial charge on any atom is 0.171 e. The first-order valence-corrected chi connectivity index (χ1v) is 17.4. The summed E-state index contributed by atoms with van der Waals surface area (Å²) in [4.78, 5) is 0. The normalized spacial score (nSPS) is 13.0. The van der Waals surface area contributed by atoms with Gasteiger partial charge in [0.2, 0.25) is 0 Å². The third-order valence-electron chi connectivity index (χ3n) is 9.49. The van der Waals surface area contributed by atoms with Crippen LogP contribution in [0.4, 0.5) is 0 Å². The molecule has 0 bridgehead atoms. The topological polar surface area (TPSA) is 17.1 Å². The van der Waals surface area contributed by atoms with Crippen molar-refractivity contribution in [2.24, 2.45) is 0 Å². The Bertz CT molecular complexity index is 2650. The smallest absolute Gasteiger partial charge is 0.171 e. The van der Waals surface area contributed by atoms with Crippen molar-refractivity contribution >= 4 is 76.9 Å². The molecule has 0 N–H and O–H groups in total. The first-order chi connectivity index (χ1) is 22.7. The molecule has 46 heavy (non-hydrogen) atoms. The van der Waals surface area contributed by atoms with Gasteiger partial charge in [0, 0.05) is 15.9 Å². The van der Waals surface area contributed by atoms with Gasteiger partial charge in [-0.3, -0.25) is 0 Å². The van der Waals surface area contributed by atoms with Gasteiger partial charge >= 0.3 is 0 Å². The van der Waals surface area contributed by atoms with E-state index in [0.717, 1.165) is 32.2 Å². The van der Waals surface area contributed by atoms with Crippen LogP contribution in [0, 0.1) is 0 Å². The van der Waals surface area contributed by atoms with Crippen LogP contribution in [0.5, 0.6) is 0 Å². The van der Waals surface area contributed by atoms with Crippen molar-refractivity contribution in [2.75, 3.05) is 0 Å². The summed E-state index contributed by atoms with van der Waals surface area (Å²) in [6, 6.07) is 61.6. The highest BCUT2D eigenvalue weighted by Crippen LogP contribution is 2.45. The zero-order valence-electron chi connectivity index (χ0n) is 25.1. The highest BCUT2D eigenvalue weighted by molar-refractivity contribution is 7.85. The maximum atomic E-state index is 15.5. The van der Waals surface area contributed by atoms with Crippen molar-refractivity contribution in [3.8, 4) is 11.1 Å². The summed E-state index contributed by atoms with van der Waals surface area (Å²) in [7, 11) is -3.16. The Balaban J connectivity index is 1.31. The van der Waals surface area contributed by atoms with Gasteiger partial charge in [-0.05, 0) is 77.1 Å². The highest BCUT2D eigenvalue weighted by Gasteiger charge is 2.30.